The second-order valence-electron chi connectivity index (χ2n) is 5.26. The predicted molar refractivity (Wildman–Crippen MR) is 70.6 cm³/mol. The van der Waals surface area contributed by atoms with Crippen LogP contribution in [0.5, 0.6) is 0 Å². The van der Waals surface area contributed by atoms with E-state index in [2.05, 4.69) is 10.3 Å². The van der Waals surface area contributed by atoms with Crippen LogP contribution in [-0.2, 0) is 0 Å². The average Bonchev–Trinajstić information content (AvgIpc) is 3.08. The van der Waals surface area contributed by atoms with E-state index in [-0.39, 0.29) is 5.91 Å². The number of nitrogens with zero attached hydrogens (tertiary/aromatic N) is 2. The summed E-state index contributed by atoms with van der Waals surface area (Å²) in [6.45, 7) is 2.79. The molecule has 2 heterocycles. The topological polar surface area (TPSA) is 45.2 Å². The van der Waals surface area contributed by atoms with E-state index in [4.69, 9.17) is 0 Å². The van der Waals surface area contributed by atoms with Crippen molar-refractivity contribution in [3.8, 4) is 0 Å². The summed E-state index contributed by atoms with van der Waals surface area (Å²) in [5.41, 5.74) is 0.703. The summed E-state index contributed by atoms with van der Waals surface area (Å²) in [6.07, 6.45) is 6.60. The quantitative estimate of drug-likeness (QED) is 0.884. The van der Waals surface area contributed by atoms with Crippen molar-refractivity contribution in [2.45, 2.75) is 25.7 Å². The van der Waals surface area contributed by atoms with Gasteiger partial charge in [-0.3, -0.25) is 4.79 Å². The van der Waals surface area contributed by atoms with Gasteiger partial charge in [-0.1, -0.05) is 0 Å². The number of hydrogen-bond donors (Lipinski definition) is 1. The van der Waals surface area contributed by atoms with Crippen LogP contribution in [0.1, 0.15) is 36.0 Å². The van der Waals surface area contributed by atoms with Crippen LogP contribution in [0.15, 0.2) is 18.3 Å². The fourth-order valence-electron chi connectivity index (χ4n) is 2.30. The molecule has 3 rings (SSSR count). The van der Waals surface area contributed by atoms with Crippen molar-refractivity contribution in [2.24, 2.45) is 5.92 Å². The lowest BCUT2D eigenvalue weighted by Gasteiger charge is -2.15. The Balaban J connectivity index is 1.60. The van der Waals surface area contributed by atoms with Crippen LogP contribution in [0.4, 0.5) is 5.82 Å². The molecular weight excluding hydrogens is 226 g/mol. The van der Waals surface area contributed by atoms with Gasteiger partial charge in [0.15, 0.2) is 0 Å². The molecule has 0 unspecified atom stereocenters. The van der Waals surface area contributed by atoms with Gasteiger partial charge >= 0.3 is 0 Å². The highest BCUT2D eigenvalue weighted by Gasteiger charge is 2.21. The van der Waals surface area contributed by atoms with Crippen molar-refractivity contribution in [3.05, 3.63) is 23.9 Å². The van der Waals surface area contributed by atoms with Crippen LogP contribution in [0.25, 0.3) is 0 Å². The Kier molecular flexibility index (Phi) is 3.17. The van der Waals surface area contributed by atoms with Crippen LogP contribution in [0.2, 0.25) is 0 Å². The molecule has 1 aromatic heterocycles. The summed E-state index contributed by atoms with van der Waals surface area (Å²) < 4.78 is 0. The molecule has 1 saturated carbocycles. The summed E-state index contributed by atoms with van der Waals surface area (Å²) in [5.74, 6) is 1.83. The highest BCUT2D eigenvalue weighted by Crippen LogP contribution is 2.28. The van der Waals surface area contributed by atoms with E-state index in [9.17, 15) is 4.79 Å². The maximum absolute atomic E-state index is 12.1. The first-order valence-corrected chi connectivity index (χ1v) is 6.82. The molecule has 1 aliphatic carbocycles. The standard InChI is InChI=1S/C14H19N3O/c18-14(17-7-1-2-8-17)12-5-6-13(16-10-12)15-9-11-3-4-11/h5-6,10-11H,1-4,7-9H2,(H,15,16). The Morgan fingerprint density at radius 3 is 2.72 bits per heavy atom. The van der Waals surface area contributed by atoms with Gasteiger partial charge in [0, 0.05) is 25.8 Å². The minimum absolute atomic E-state index is 0.119. The number of aromatic nitrogens is 1. The van der Waals surface area contributed by atoms with E-state index < -0.39 is 0 Å². The molecule has 2 aliphatic rings. The summed E-state index contributed by atoms with van der Waals surface area (Å²) >= 11 is 0. The van der Waals surface area contributed by atoms with Gasteiger partial charge in [0.25, 0.3) is 5.91 Å². The predicted octanol–water partition coefficient (Wildman–Crippen LogP) is 2.14. The van der Waals surface area contributed by atoms with Crippen LogP contribution in [0, 0.1) is 5.92 Å². The lowest BCUT2D eigenvalue weighted by atomic mass is 10.2. The van der Waals surface area contributed by atoms with Gasteiger partial charge in [0.2, 0.25) is 0 Å². The Morgan fingerprint density at radius 2 is 2.11 bits per heavy atom. The van der Waals surface area contributed by atoms with Gasteiger partial charge in [-0.2, -0.15) is 0 Å². The van der Waals surface area contributed by atoms with Crippen molar-refractivity contribution < 1.29 is 4.79 Å². The molecule has 96 valence electrons. The molecular formula is C14H19N3O. The van der Waals surface area contributed by atoms with Crippen molar-refractivity contribution in [2.75, 3.05) is 25.0 Å². The minimum atomic E-state index is 0.119. The number of carbonyl (C=O) groups is 1. The number of amides is 1. The number of carbonyl (C=O) groups excluding carboxylic acids is 1. The molecule has 1 N–H and O–H groups in total. The van der Waals surface area contributed by atoms with E-state index >= 15 is 0 Å². The number of likely N-dealkylation sites (tertiary alicyclic amines) is 1. The molecule has 1 amide bonds. The van der Waals surface area contributed by atoms with Gasteiger partial charge in [-0.25, -0.2) is 4.98 Å². The Bertz CT molecular complexity index is 419. The molecule has 0 radical (unpaired) electrons. The number of pyridine rings is 1. The van der Waals surface area contributed by atoms with E-state index in [1.807, 2.05) is 17.0 Å². The maximum atomic E-state index is 12.1. The third-order valence-corrected chi connectivity index (χ3v) is 3.67. The molecule has 4 heteroatoms. The number of nitrogens with one attached hydrogen (secondary N) is 1. The first kappa shape index (κ1) is 11.5. The molecule has 1 aromatic rings. The summed E-state index contributed by atoms with van der Waals surface area (Å²) in [6, 6.07) is 3.79. The minimum Gasteiger partial charge on any atom is -0.370 e. The summed E-state index contributed by atoms with van der Waals surface area (Å²) in [5, 5.41) is 3.31. The van der Waals surface area contributed by atoms with Gasteiger partial charge in [-0.15, -0.1) is 0 Å². The van der Waals surface area contributed by atoms with Crippen molar-refractivity contribution >= 4 is 11.7 Å². The van der Waals surface area contributed by atoms with Crippen LogP contribution >= 0.6 is 0 Å². The van der Waals surface area contributed by atoms with E-state index in [1.165, 1.54) is 12.8 Å². The van der Waals surface area contributed by atoms with E-state index in [1.54, 1.807) is 6.20 Å². The second kappa shape index (κ2) is 4.96. The van der Waals surface area contributed by atoms with Gasteiger partial charge in [0.1, 0.15) is 5.82 Å². The molecule has 2 fully saturated rings. The molecule has 0 spiro atoms. The average molecular weight is 245 g/mol. The van der Waals surface area contributed by atoms with Crippen LogP contribution in [0.3, 0.4) is 0 Å². The lowest BCUT2D eigenvalue weighted by Crippen LogP contribution is -2.27. The zero-order valence-corrected chi connectivity index (χ0v) is 10.6. The first-order chi connectivity index (χ1) is 8.83. The monoisotopic (exact) mass is 245 g/mol. The van der Waals surface area contributed by atoms with Gasteiger partial charge in [0.05, 0.1) is 5.56 Å². The second-order valence-corrected chi connectivity index (χ2v) is 5.26. The first-order valence-electron chi connectivity index (χ1n) is 6.82. The third kappa shape index (κ3) is 2.63. The Hall–Kier alpha value is -1.58. The SMILES string of the molecule is O=C(c1ccc(NCC2CC2)nc1)N1CCCC1. The molecule has 1 aliphatic heterocycles. The maximum Gasteiger partial charge on any atom is 0.255 e. The smallest absolute Gasteiger partial charge is 0.255 e. The number of rotatable bonds is 4. The normalized spacial score (nSPS) is 19.0. The molecule has 18 heavy (non-hydrogen) atoms. The summed E-state index contributed by atoms with van der Waals surface area (Å²) in [7, 11) is 0. The van der Waals surface area contributed by atoms with E-state index in [0.29, 0.717) is 5.56 Å². The molecule has 4 nitrogen and oxygen atoms in total. The highest BCUT2D eigenvalue weighted by molar-refractivity contribution is 5.94. The summed E-state index contributed by atoms with van der Waals surface area (Å²) in [4.78, 5) is 18.3. The van der Waals surface area contributed by atoms with Crippen molar-refractivity contribution in [1.82, 2.24) is 9.88 Å². The Morgan fingerprint density at radius 1 is 1.33 bits per heavy atom. The van der Waals surface area contributed by atoms with Crippen LogP contribution < -0.4 is 5.32 Å². The van der Waals surface area contributed by atoms with Crippen molar-refractivity contribution in [3.63, 3.8) is 0 Å². The molecule has 0 atom stereocenters. The fourth-order valence-corrected chi connectivity index (χ4v) is 2.30. The molecule has 0 bridgehead atoms. The zero-order valence-electron chi connectivity index (χ0n) is 10.6. The molecule has 0 aromatic carbocycles. The highest BCUT2D eigenvalue weighted by atomic mass is 16.2. The number of anilines is 1. The third-order valence-electron chi connectivity index (χ3n) is 3.67. The van der Waals surface area contributed by atoms with Crippen molar-refractivity contribution in [1.29, 1.82) is 0 Å². The largest absolute Gasteiger partial charge is 0.370 e. The van der Waals surface area contributed by atoms with Gasteiger partial charge in [-0.05, 0) is 43.7 Å². The Labute approximate surface area is 107 Å². The molecule has 1 saturated heterocycles. The van der Waals surface area contributed by atoms with Crippen LogP contribution in [-0.4, -0.2) is 35.4 Å². The lowest BCUT2D eigenvalue weighted by molar-refractivity contribution is 0.0792. The number of hydrogen-bond acceptors (Lipinski definition) is 3. The van der Waals surface area contributed by atoms with Gasteiger partial charge < -0.3 is 10.2 Å². The fraction of sp³-hybridized carbons (Fsp3) is 0.571. The van der Waals surface area contributed by atoms with E-state index in [0.717, 1.165) is 44.2 Å². The zero-order chi connectivity index (χ0) is 12.4.